The second kappa shape index (κ2) is 2.48. The molecule has 0 bridgehead atoms. The van der Waals surface area contributed by atoms with Crippen molar-refractivity contribution in [1.82, 2.24) is 0 Å². The van der Waals surface area contributed by atoms with Crippen LogP contribution in [-0.2, 0) is 9.53 Å². The van der Waals surface area contributed by atoms with Gasteiger partial charge in [-0.05, 0) is 5.41 Å². The highest BCUT2D eigenvalue weighted by Gasteiger charge is 2.40. The van der Waals surface area contributed by atoms with Crippen LogP contribution in [0.2, 0.25) is 0 Å². The Morgan fingerprint density at radius 2 is 2.09 bits per heavy atom. The van der Waals surface area contributed by atoms with Crippen LogP contribution in [0, 0.1) is 11.3 Å². The lowest BCUT2D eigenvalue weighted by Crippen LogP contribution is -2.24. The molecule has 0 amide bonds. The summed E-state index contributed by atoms with van der Waals surface area (Å²) in [5, 5.41) is 8.99. The first kappa shape index (κ1) is 8.53. The Balaban J connectivity index is 2.68. The number of aliphatic hydroxyl groups excluding tert-OH is 1. The summed E-state index contributed by atoms with van der Waals surface area (Å²) in [6.07, 6.45) is -0.450. The first-order chi connectivity index (χ1) is 4.91. The molecule has 0 radical (unpaired) electrons. The van der Waals surface area contributed by atoms with Gasteiger partial charge in [-0.2, -0.15) is 0 Å². The number of aliphatic hydroxyl groups is 1. The van der Waals surface area contributed by atoms with Gasteiger partial charge in [0, 0.05) is 6.42 Å². The summed E-state index contributed by atoms with van der Waals surface area (Å²) in [5.74, 6) is -0.428. The molecule has 1 aliphatic heterocycles. The third-order valence-corrected chi connectivity index (χ3v) is 2.02. The summed E-state index contributed by atoms with van der Waals surface area (Å²) in [7, 11) is 0. The fraction of sp³-hybridized carbons (Fsp3) is 0.875. The minimum atomic E-state index is -0.883. The molecule has 1 N–H and O–H groups in total. The van der Waals surface area contributed by atoms with E-state index in [1.807, 2.05) is 20.8 Å². The fourth-order valence-electron chi connectivity index (χ4n) is 1.27. The molecular weight excluding hydrogens is 144 g/mol. The summed E-state index contributed by atoms with van der Waals surface area (Å²) in [6, 6.07) is 0. The number of esters is 1. The molecule has 0 saturated carbocycles. The normalized spacial score (nSPS) is 32.2. The van der Waals surface area contributed by atoms with Crippen LogP contribution >= 0.6 is 0 Å². The number of carbonyl (C=O) groups excluding carboxylic acids is 1. The molecule has 3 heteroatoms. The van der Waals surface area contributed by atoms with Crippen molar-refractivity contribution in [1.29, 1.82) is 0 Å². The van der Waals surface area contributed by atoms with E-state index in [4.69, 9.17) is 5.11 Å². The highest BCUT2D eigenvalue weighted by atomic mass is 16.6. The summed E-state index contributed by atoms with van der Waals surface area (Å²) >= 11 is 0. The van der Waals surface area contributed by atoms with Crippen LogP contribution in [-0.4, -0.2) is 17.4 Å². The lowest BCUT2D eigenvalue weighted by atomic mass is 9.80. The molecule has 1 aliphatic rings. The molecule has 0 aromatic heterocycles. The van der Waals surface area contributed by atoms with E-state index in [1.165, 1.54) is 0 Å². The van der Waals surface area contributed by atoms with E-state index in [-0.39, 0.29) is 17.3 Å². The number of carbonyl (C=O) groups is 1. The second-order valence-corrected chi connectivity index (χ2v) is 4.05. The van der Waals surface area contributed by atoms with Gasteiger partial charge in [-0.1, -0.05) is 20.8 Å². The van der Waals surface area contributed by atoms with Crippen LogP contribution in [0.15, 0.2) is 0 Å². The molecule has 1 heterocycles. The van der Waals surface area contributed by atoms with Crippen molar-refractivity contribution in [3.8, 4) is 0 Å². The van der Waals surface area contributed by atoms with E-state index in [2.05, 4.69) is 4.74 Å². The average molecular weight is 158 g/mol. The Kier molecular flexibility index (Phi) is 1.92. The molecule has 2 unspecified atom stereocenters. The van der Waals surface area contributed by atoms with Gasteiger partial charge in [-0.25, -0.2) is 0 Å². The number of hydrogen-bond acceptors (Lipinski definition) is 3. The van der Waals surface area contributed by atoms with Crippen LogP contribution in [0.3, 0.4) is 0 Å². The molecule has 0 spiro atoms. The molecule has 3 nitrogen and oxygen atoms in total. The second-order valence-electron chi connectivity index (χ2n) is 4.05. The molecule has 64 valence electrons. The van der Waals surface area contributed by atoms with Crippen LogP contribution in [0.25, 0.3) is 0 Å². The molecule has 0 aromatic carbocycles. The van der Waals surface area contributed by atoms with Crippen LogP contribution in [0.5, 0.6) is 0 Å². The maximum Gasteiger partial charge on any atom is 0.312 e. The zero-order valence-electron chi connectivity index (χ0n) is 7.13. The molecular formula is C8H14O3. The van der Waals surface area contributed by atoms with E-state index in [0.717, 1.165) is 0 Å². The van der Waals surface area contributed by atoms with Gasteiger partial charge in [0.1, 0.15) is 0 Å². The maximum atomic E-state index is 11.0. The first-order valence-corrected chi connectivity index (χ1v) is 3.80. The topological polar surface area (TPSA) is 46.5 Å². The van der Waals surface area contributed by atoms with Gasteiger partial charge in [-0.3, -0.25) is 4.79 Å². The summed E-state index contributed by atoms with van der Waals surface area (Å²) in [5.41, 5.74) is -0.103. The highest BCUT2D eigenvalue weighted by Crippen LogP contribution is 2.35. The lowest BCUT2D eigenvalue weighted by molar-refractivity contribution is -0.156. The predicted octanol–water partition coefficient (Wildman–Crippen LogP) is 0.914. The lowest BCUT2D eigenvalue weighted by Gasteiger charge is -2.22. The van der Waals surface area contributed by atoms with Gasteiger partial charge in [-0.15, -0.1) is 0 Å². The van der Waals surface area contributed by atoms with Crippen LogP contribution in [0.4, 0.5) is 0 Å². The van der Waals surface area contributed by atoms with Crippen LogP contribution in [0.1, 0.15) is 27.2 Å². The Labute approximate surface area is 66.4 Å². The van der Waals surface area contributed by atoms with Crippen molar-refractivity contribution in [2.24, 2.45) is 11.3 Å². The molecule has 1 fully saturated rings. The van der Waals surface area contributed by atoms with Gasteiger partial charge in [0.05, 0.1) is 5.92 Å². The van der Waals surface area contributed by atoms with Gasteiger partial charge in [0.25, 0.3) is 0 Å². The van der Waals surface area contributed by atoms with Crippen LogP contribution < -0.4 is 0 Å². The van der Waals surface area contributed by atoms with Crippen molar-refractivity contribution in [2.75, 3.05) is 0 Å². The van der Waals surface area contributed by atoms with Gasteiger partial charge >= 0.3 is 5.97 Å². The molecule has 2 atom stereocenters. The summed E-state index contributed by atoms with van der Waals surface area (Å²) in [4.78, 5) is 11.0. The highest BCUT2D eigenvalue weighted by molar-refractivity contribution is 5.75. The van der Waals surface area contributed by atoms with E-state index in [1.54, 1.807) is 0 Å². The maximum absolute atomic E-state index is 11.0. The zero-order valence-corrected chi connectivity index (χ0v) is 7.13. The number of rotatable bonds is 0. The van der Waals surface area contributed by atoms with E-state index in [0.29, 0.717) is 6.42 Å². The predicted molar refractivity (Wildman–Crippen MR) is 39.7 cm³/mol. The number of hydrogen-bond donors (Lipinski definition) is 1. The minimum Gasteiger partial charge on any atom is -0.436 e. The van der Waals surface area contributed by atoms with Crippen molar-refractivity contribution in [2.45, 2.75) is 33.5 Å². The van der Waals surface area contributed by atoms with Crippen molar-refractivity contribution in [3.63, 3.8) is 0 Å². The Bertz CT molecular complexity index is 169. The smallest absolute Gasteiger partial charge is 0.312 e. The summed E-state index contributed by atoms with van der Waals surface area (Å²) in [6.45, 7) is 5.91. The molecule has 0 aromatic rings. The summed E-state index contributed by atoms with van der Waals surface area (Å²) < 4.78 is 4.62. The third-order valence-electron chi connectivity index (χ3n) is 2.02. The zero-order chi connectivity index (χ0) is 8.65. The first-order valence-electron chi connectivity index (χ1n) is 3.80. The van der Waals surface area contributed by atoms with E-state index >= 15 is 0 Å². The molecule has 0 aliphatic carbocycles. The quantitative estimate of drug-likeness (QED) is 0.533. The van der Waals surface area contributed by atoms with Gasteiger partial charge in [0.15, 0.2) is 0 Å². The number of ether oxygens (including phenoxy) is 1. The van der Waals surface area contributed by atoms with Crippen molar-refractivity contribution in [3.05, 3.63) is 0 Å². The fourth-order valence-corrected chi connectivity index (χ4v) is 1.27. The van der Waals surface area contributed by atoms with Crippen molar-refractivity contribution < 1.29 is 14.6 Å². The van der Waals surface area contributed by atoms with Crippen molar-refractivity contribution >= 4 is 5.97 Å². The Morgan fingerprint density at radius 1 is 1.55 bits per heavy atom. The Morgan fingerprint density at radius 3 is 2.27 bits per heavy atom. The number of cyclic esters (lactones) is 1. The van der Waals surface area contributed by atoms with E-state index < -0.39 is 6.29 Å². The molecule has 1 saturated heterocycles. The monoisotopic (exact) mass is 158 g/mol. The standard InChI is InChI=1S/C8H14O3/c1-8(2,3)5-4-6(9)11-7(5)10/h5-6,9H,4H2,1-3H3. The van der Waals surface area contributed by atoms with Gasteiger partial charge in [0.2, 0.25) is 6.29 Å². The molecule has 1 rings (SSSR count). The SMILES string of the molecule is CC(C)(C)C1CC(O)OC1=O. The largest absolute Gasteiger partial charge is 0.436 e. The Hall–Kier alpha value is -0.570. The minimum absolute atomic E-state index is 0.103. The average Bonchev–Trinajstić information content (AvgIpc) is 2.08. The van der Waals surface area contributed by atoms with Gasteiger partial charge < -0.3 is 9.84 Å². The van der Waals surface area contributed by atoms with E-state index in [9.17, 15) is 4.79 Å². The molecule has 11 heavy (non-hydrogen) atoms. The third kappa shape index (κ3) is 1.71.